The summed E-state index contributed by atoms with van der Waals surface area (Å²) in [5.74, 6) is -0.765. The maximum absolute atomic E-state index is 10.7. The monoisotopic (exact) mass is 265 g/mol. The van der Waals surface area contributed by atoms with Crippen molar-refractivity contribution in [2.75, 3.05) is 0 Å². The highest BCUT2D eigenvalue weighted by molar-refractivity contribution is 5.97. The second kappa shape index (κ2) is 4.93. The molecule has 0 aliphatic rings. The highest BCUT2D eigenvalue weighted by atomic mass is 16.4. The van der Waals surface area contributed by atoms with Crippen LogP contribution in [0, 0.1) is 6.92 Å². The summed E-state index contributed by atoms with van der Waals surface area (Å²) in [6, 6.07) is 14.1. The van der Waals surface area contributed by atoms with Gasteiger partial charge in [0.15, 0.2) is 0 Å². The Morgan fingerprint density at radius 1 is 1.10 bits per heavy atom. The summed E-state index contributed by atoms with van der Waals surface area (Å²) in [7, 11) is 0. The number of para-hydroxylation sites is 1. The number of aliphatic carboxylic acids is 1. The van der Waals surface area contributed by atoms with E-state index in [1.165, 1.54) is 5.56 Å². The van der Waals surface area contributed by atoms with Crippen LogP contribution in [-0.4, -0.2) is 16.1 Å². The molecule has 0 saturated heterocycles. The van der Waals surface area contributed by atoms with E-state index in [9.17, 15) is 4.79 Å². The molecule has 0 fully saturated rings. The van der Waals surface area contributed by atoms with Gasteiger partial charge in [0.05, 0.1) is 11.0 Å². The minimum atomic E-state index is -0.765. The molecule has 0 aliphatic carbocycles. The molecule has 0 radical (unpaired) electrons. The fourth-order valence-electron chi connectivity index (χ4n) is 2.55. The highest BCUT2D eigenvalue weighted by Crippen LogP contribution is 2.26. The number of pyridine rings is 1. The lowest BCUT2D eigenvalue weighted by atomic mass is 10.0. The van der Waals surface area contributed by atoms with Crippen molar-refractivity contribution in [2.24, 2.45) is 0 Å². The van der Waals surface area contributed by atoms with Gasteiger partial charge in [-0.3, -0.25) is 4.79 Å². The summed E-state index contributed by atoms with van der Waals surface area (Å²) in [6.07, 6.45) is 0.711. The molecule has 1 N–H and O–H groups in total. The van der Waals surface area contributed by atoms with Crippen molar-refractivity contribution in [3.63, 3.8) is 0 Å². The predicted octanol–water partition coefficient (Wildman–Crippen LogP) is 3.71. The standard InChI is InChI=1S/C17H15NO2/c1-11-13-4-2-3-5-15(13)18-16-8-6-12(10-14(11)16)7-9-17(19)20/h2-6,8,10H,7,9H2,1H3,(H,19,20). The third kappa shape index (κ3) is 2.23. The molecule has 3 nitrogen and oxygen atoms in total. The Hall–Kier alpha value is -2.42. The Kier molecular flexibility index (Phi) is 3.11. The molecule has 0 aliphatic heterocycles. The number of carbonyl (C=O) groups is 1. The summed E-state index contributed by atoms with van der Waals surface area (Å²) in [6.45, 7) is 2.09. The van der Waals surface area contributed by atoms with Gasteiger partial charge in [-0.15, -0.1) is 0 Å². The number of carboxylic acid groups (broad SMARTS) is 1. The molecule has 1 aromatic heterocycles. The first-order valence-corrected chi connectivity index (χ1v) is 6.65. The van der Waals surface area contributed by atoms with Crippen LogP contribution in [0.1, 0.15) is 17.5 Å². The van der Waals surface area contributed by atoms with Gasteiger partial charge in [0.2, 0.25) is 0 Å². The van der Waals surface area contributed by atoms with E-state index in [2.05, 4.69) is 24.0 Å². The average Bonchev–Trinajstić information content (AvgIpc) is 2.46. The predicted molar refractivity (Wildman–Crippen MR) is 79.9 cm³/mol. The Labute approximate surface area is 116 Å². The van der Waals surface area contributed by atoms with E-state index in [-0.39, 0.29) is 6.42 Å². The molecular formula is C17H15NO2. The second-order valence-electron chi connectivity index (χ2n) is 5.00. The summed E-state index contributed by atoms with van der Waals surface area (Å²) in [5, 5.41) is 11.0. The van der Waals surface area contributed by atoms with Crippen LogP contribution < -0.4 is 0 Å². The van der Waals surface area contributed by atoms with Crippen LogP contribution in [-0.2, 0) is 11.2 Å². The lowest BCUT2D eigenvalue weighted by Gasteiger charge is -2.08. The van der Waals surface area contributed by atoms with Gasteiger partial charge >= 0.3 is 5.97 Å². The van der Waals surface area contributed by atoms with Crippen molar-refractivity contribution >= 4 is 27.8 Å². The molecular weight excluding hydrogens is 250 g/mol. The van der Waals surface area contributed by atoms with Crippen LogP contribution in [0.3, 0.4) is 0 Å². The second-order valence-corrected chi connectivity index (χ2v) is 5.00. The number of aromatic nitrogens is 1. The zero-order valence-corrected chi connectivity index (χ0v) is 11.3. The Morgan fingerprint density at radius 3 is 2.65 bits per heavy atom. The molecule has 0 spiro atoms. The fraction of sp³-hybridized carbons (Fsp3) is 0.176. The lowest BCUT2D eigenvalue weighted by Crippen LogP contribution is -1.97. The van der Waals surface area contributed by atoms with Crippen molar-refractivity contribution in [1.82, 2.24) is 4.98 Å². The molecule has 0 atom stereocenters. The number of rotatable bonds is 3. The minimum absolute atomic E-state index is 0.158. The van der Waals surface area contributed by atoms with Crippen LogP contribution in [0.5, 0.6) is 0 Å². The van der Waals surface area contributed by atoms with E-state index in [0.29, 0.717) is 6.42 Å². The number of nitrogens with zero attached hydrogens (tertiary/aromatic N) is 1. The van der Waals surface area contributed by atoms with E-state index < -0.39 is 5.97 Å². The van der Waals surface area contributed by atoms with Gasteiger partial charge in [0, 0.05) is 17.2 Å². The molecule has 0 saturated carbocycles. The van der Waals surface area contributed by atoms with Gasteiger partial charge in [0.1, 0.15) is 0 Å². The SMILES string of the molecule is Cc1c2ccccc2nc2ccc(CCC(=O)O)cc12. The van der Waals surface area contributed by atoms with Crippen molar-refractivity contribution in [1.29, 1.82) is 0 Å². The molecule has 0 bridgehead atoms. The van der Waals surface area contributed by atoms with Crippen molar-refractivity contribution in [3.8, 4) is 0 Å². The van der Waals surface area contributed by atoms with Crippen molar-refractivity contribution in [3.05, 3.63) is 53.6 Å². The number of hydrogen-bond donors (Lipinski definition) is 1. The van der Waals surface area contributed by atoms with E-state index >= 15 is 0 Å². The van der Waals surface area contributed by atoms with E-state index in [4.69, 9.17) is 5.11 Å². The molecule has 2 aromatic carbocycles. The van der Waals surface area contributed by atoms with Crippen molar-refractivity contribution < 1.29 is 9.90 Å². The van der Waals surface area contributed by atoms with Gasteiger partial charge in [-0.05, 0) is 42.7 Å². The minimum Gasteiger partial charge on any atom is -0.481 e. The van der Waals surface area contributed by atoms with E-state index in [1.807, 2.05) is 30.3 Å². The fourth-order valence-corrected chi connectivity index (χ4v) is 2.55. The molecule has 20 heavy (non-hydrogen) atoms. The van der Waals surface area contributed by atoms with Gasteiger partial charge in [-0.25, -0.2) is 4.98 Å². The lowest BCUT2D eigenvalue weighted by molar-refractivity contribution is -0.136. The quantitative estimate of drug-likeness (QED) is 0.734. The smallest absolute Gasteiger partial charge is 0.303 e. The third-order valence-corrected chi connectivity index (χ3v) is 3.64. The van der Waals surface area contributed by atoms with Crippen LogP contribution in [0.25, 0.3) is 21.8 Å². The Morgan fingerprint density at radius 2 is 1.85 bits per heavy atom. The van der Waals surface area contributed by atoms with Gasteiger partial charge in [-0.2, -0.15) is 0 Å². The van der Waals surface area contributed by atoms with Crippen LogP contribution in [0.2, 0.25) is 0 Å². The summed E-state index contributed by atoms with van der Waals surface area (Å²) in [4.78, 5) is 15.3. The molecule has 3 aromatic rings. The summed E-state index contributed by atoms with van der Waals surface area (Å²) < 4.78 is 0. The molecule has 3 rings (SSSR count). The first-order chi connectivity index (χ1) is 9.65. The molecule has 1 heterocycles. The number of benzene rings is 2. The van der Waals surface area contributed by atoms with E-state index in [1.54, 1.807) is 0 Å². The highest BCUT2D eigenvalue weighted by Gasteiger charge is 2.07. The normalized spacial score (nSPS) is 11.1. The Balaban J connectivity index is 2.15. The average molecular weight is 265 g/mol. The summed E-state index contributed by atoms with van der Waals surface area (Å²) in [5.41, 5.74) is 4.19. The maximum atomic E-state index is 10.7. The zero-order chi connectivity index (χ0) is 14.1. The number of hydrogen-bond acceptors (Lipinski definition) is 2. The summed E-state index contributed by atoms with van der Waals surface area (Å²) >= 11 is 0. The van der Waals surface area contributed by atoms with Gasteiger partial charge < -0.3 is 5.11 Å². The van der Waals surface area contributed by atoms with Crippen LogP contribution >= 0.6 is 0 Å². The largest absolute Gasteiger partial charge is 0.481 e. The number of carboxylic acids is 1. The molecule has 0 amide bonds. The first-order valence-electron chi connectivity index (χ1n) is 6.65. The van der Waals surface area contributed by atoms with Gasteiger partial charge in [-0.1, -0.05) is 24.3 Å². The number of aryl methyl sites for hydroxylation is 2. The Bertz CT molecular complexity index is 809. The first kappa shape index (κ1) is 12.6. The molecule has 3 heteroatoms. The zero-order valence-electron chi connectivity index (χ0n) is 11.3. The van der Waals surface area contributed by atoms with Crippen molar-refractivity contribution in [2.45, 2.75) is 19.8 Å². The molecule has 100 valence electrons. The maximum Gasteiger partial charge on any atom is 0.303 e. The van der Waals surface area contributed by atoms with E-state index in [0.717, 1.165) is 27.4 Å². The number of fused-ring (bicyclic) bond motifs is 2. The molecule has 0 unspecified atom stereocenters. The third-order valence-electron chi connectivity index (χ3n) is 3.64. The van der Waals surface area contributed by atoms with Gasteiger partial charge in [0.25, 0.3) is 0 Å². The van der Waals surface area contributed by atoms with Crippen LogP contribution in [0.4, 0.5) is 0 Å². The topological polar surface area (TPSA) is 50.2 Å². The van der Waals surface area contributed by atoms with Crippen LogP contribution in [0.15, 0.2) is 42.5 Å².